The summed E-state index contributed by atoms with van der Waals surface area (Å²) in [5.74, 6) is -0.383. The number of carbonyl (C=O) groups is 6. The largest absolute Gasteiger partial charge is 0.465 e. The van der Waals surface area contributed by atoms with Crippen LogP contribution in [0.5, 0.6) is 11.5 Å². The minimum atomic E-state index is -0.352. The first kappa shape index (κ1) is 51.1. The molecule has 0 aromatic heterocycles. The van der Waals surface area contributed by atoms with Gasteiger partial charge in [0.2, 0.25) is 0 Å². The molecule has 6 aliphatic rings. The monoisotopic (exact) mass is 935 g/mol. The van der Waals surface area contributed by atoms with Crippen molar-refractivity contribution in [2.45, 2.75) is 136 Å². The molecule has 0 radical (unpaired) electrons. The first-order valence-electron chi connectivity index (χ1n) is 25.6. The van der Waals surface area contributed by atoms with E-state index in [1.54, 1.807) is 13.8 Å². The van der Waals surface area contributed by atoms with E-state index in [-0.39, 0.29) is 83.0 Å². The molecule has 16 heteroatoms. The van der Waals surface area contributed by atoms with Crippen molar-refractivity contribution >= 4 is 35.4 Å². The van der Waals surface area contributed by atoms with Gasteiger partial charge in [-0.05, 0) is 149 Å². The number of rotatable bonds is 17. The lowest BCUT2D eigenvalue weighted by molar-refractivity contribution is -0.158. The molecule has 2 saturated heterocycles. The van der Waals surface area contributed by atoms with E-state index in [1.807, 2.05) is 12.1 Å². The summed E-state index contributed by atoms with van der Waals surface area (Å²) < 4.78 is 24.4. The topological polar surface area (TPSA) is 176 Å². The molecule has 1 aromatic carbocycles. The number of hydrogen-bond donors (Lipinski definition) is 2. The van der Waals surface area contributed by atoms with Crippen molar-refractivity contribution in [3.8, 4) is 11.5 Å². The molecule has 7 rings (SSSR count). The van der Waals surface area contributed by atoms with Gasteiger partial charge in [-0.25, -0.2) is 10.0 Å². The average molecular weight is 935 g/mol. The van der Waals surface area contributed by atoms with Crippen molar-refractivity contribution < 1.29 is 47.7 Å². The summed E-state index contributed by atoms with van der Waals surface area (Å²) in [5, 5.41) is 4.35. The number of ketones is 2. The van der Waals surface area contributed by atoms with E-state index in [4.69, 9.17) is 18.9 Å². The van der Waals surface area contributed by atoms with E-state index in [1.165, 1.54) is 0 Å². The Hall–Kier alpha value is -3.80. The molecular formula is C51H78N6O10. The zero-order valence-electron chi connectivity index (χ0n) is 40.7. The number of hydrazine groups is 2. The number of carbonyl (C=O) groups excluding carboxylic acids is 6. The van der Waals surface area contributed by atoms with Crippen LogP contribution in [-0.2, 0) is 51.3 Å². The summed E-state index contributed by atoms with van der Waals surface area (Å²) in [4.78, 5) is 82.2. The zero-order valence-corrected chi connectivity index (χ0v) is 40.7. The smallest absolute Gasteiger partial charge is 0.314 e. The maximum Gasteiger partial charge on any atom is 0.314 e. The lowest BCUT2D eigenvalue weighted by Gasteiger charge is -2.33. The molecule has 2 N–H and O–H groups in total. The van der Waals surface area contributed by atoms with Crippen LogP contribution in [0.1, 0.15) is 128 Å². The molecule has 67 heavy (non-hydrogen) atoms. The Kier molecular flexibility index (Phi) is 18.8. The molecule has 1 aromatic rings. The molecular weight excluding hydrogens is 857 g/mol. The quantitative estimate of drug-likeness (QED) is 0.153. The second-order valence-electron chi connectivity index (χ2n) is 20.7. The summed E-state index contributed by atoms with van der Waals surface area (Å²) in [5.41, 5.74) is 8.51. The number of Topliss-reactive ketones (excluding diaryl/α,β-unsaturated/α-hetero) is 2. The third kappa shape index (κ3) is 14.9. The number of ether oxygens (including phenoxy) is 4. The molecule has 0 spiro atoms. The number of nitrogens with zero attached hydrogens (tertiary/aromatic N) is 4. The highest BCUT2D eigenvalue weighted by Gasteiger charge is 2.36. The highest BCUT2D eigenvalue weighted by atomic mass is 16.6. The minimum absolute atomic E-state index is 0.0449. The molecule has 6 fully saturated rings. The summed E-state index contributed by atoms with van der Waals surface area (Å²) in [6.45, 7) is 11.3. The lowest BCUT2D eigenvalue weighted by Crippen LogP contribution is -2.50. The predicted octanol–water partition coefficient (Wildman–Crippen LogP) is 5.24. The second-order valence-corrected chi connectivity index (χ2v) is 20.7. The fourth-order valence-electron chi connectivity index (χ4n) is 10.8. The second kappa shape index (κ2) is 24.7. The summed E-state index contributed by atoms with van der Waals surface area (Å²) in [6, 6.07) is 3.72. The SMILES string of the molecule is CC(=O)C1CCC(C(=O)OCC2CCC(C(=O)Oc3cc(CNN4CCN(C)CC4)c(OC(=O)C4CCC(OC(=O)C5CCC(C(C)=O)CC5)CC4)cc3CNN3CCN(C)CC3)CC2)CC1. The van der Waals surface area contributed by atoms with Crippen molar-refractivity contribution in [2.24, 2.45) is 41.4 Å². The van der Waals surface area contributed by atoms with Crippen LogP contribution in [0.15, 0.2) is 12.1 Å². The van der Waals surface area contributed by atoms with Gasteiger partial charge in [0.1, 0.15) is 29.2 Å². The van der Waals surface area contributed by atoms with Gasteiger partial charge < -0.3 is 28.7 Å². The molecule has 0 amide bonds. The summed E-state index contributed by atoms with van der Waals surface area (Å²) in [6.07, 6.45) is 10.5. The van der Waals surface area contributed by atoms with E-state index in [9.17, 15) is 28.8 Å². The van der Waals surface area contributed by atoms with Crippen molar-refractivity contribution in [3.63, 3.8) is 0 Å². The van der Waals surface area contributed by atoms with Crippen LogP contribution in [0.2, 0.25) is 0 Å². The molecule has 372 valence electrons. The molecule has 0 unspecified atom stereocenters. The van der Waals surface area contributed by atoms with Crippen molar-refractivity contribution in [1.82, 2.24) is 30.7 Å². The average Bonchev–Trinajstić information content (AvgIpc) is 3.34. The summed E-state index contributed by atoms with van der Waals surface area (Å²) >= 11 is 0. The molecule has 4 aliphatic carbocycles. The fraction of sp³-hybridized carbons (Fsp3) is 0.765. The summed E-state index contributed by atoms with van der Waals surface area (Å²) in [7, 11) is 4.22. The van der Waals surface area contributed by atoms with E-state index < -0.39 is 0 Å². The van der Waals surface area contributed by atoms with Crippen LogP contribution < -0.4 is 20.3 Å². The number of nitrogens with one attached hydrogen (secondary N) is 2. The van der Waals surface area contributed by atoms with Gasteiger partial charge in [0.25, 0.3) is 0 Å². The van der Waals surface area contributed by atoms with Crippen LogP contribution in [0.25, 0.3) is 0 Å². The fourth-order valence-corrected chi connectivity index (χ4v) is 10.8. The van der Waals surface area contributed by atoms with Gasteiger partial charge in [0, 0.05) is 88.4 Å². The molecule has 2 heterocycles. The first-order valence-corrected chi connectivity index (χ1v) is 25.6. The third-order valence-electron chi connectivity index (χ3n) is 15.9. The Morgan fingerprint density at radius 3 is 1.25 bits per heavy atom. The molecule has 16 nitrogen and oxygen atoms in total. The molecule has 0 atom stereocenters. The van der Waals surface area contributed by atoms with E-state index >= 15 is 0 Å². The highest BCUT2D eigenvalue weighted by Crippen LogP contribution is 2.37. The lowest BCUT2D eigenvalue weighted by atomic mass is 9.80. The third-order valence-corrected chi connectivity index (χ3v) is 15.9. The van der Waals surface area contributed by atoms with Gasteiger partial charge in [-0.2, -0.15) is 0 Å². The van der Waals surface area contributed by atoms with Gasteiger partial charge in [-0.15, -0.1) is 0 Å². The first-order chi connectivity index (χ1) is 32.3. The Bertz CT molecular complexity index is 1850. The Balaban J connectivity index is 0.989. The van der Waals surface area contributed by atoms with Crippen LogP contribution in [0, 0.1) is 41.4 Å². The van der Waals surface area contributed by atoms with Gasteiger partial charge in [0.05, 0.1) is 30.3 Å². The predicted molar refractivity (Wildman–Crippen MR) is 250 cm³/mol. The minimum Gasteiger partial charge on any atom is -0.465 e. The van der Waals surface area contributed by atoms with Crippen LogP contribution in [0.3, 0.4) is 0 Å². The number of likely N-dealkylation sites (N-methyl/N-ethyl adjacent to an activating group) is 2. The highest BCUT2D eigenvalue weighted by molar-refractivity contribution is 5.80. The van der Waals surface area contributed by atoms with Crippen LogP contribution in [-0.4, -0.2) is 134 Å². The maximum atomic E-state index is 14.0. The van der Waals surface area contributed by atoms with Crippen molar-refractivity contribution in [1.29, 1.82) is 0 Å². The van der Waals surface area contributed by atoms with Gasteiger partial charge in [-0.3, -0.25) is 39.6 Å². The maximum absolute atomic E-state index is 14.0. The number of esters is 4. The number of benzene rings is 1. The van der Waals surface area contributed by atoms with Crippen LogP contribution in [0.4, 0.5) is 0 Å². The van der Waals surface area contributed by atoms with E-state index in [0.717, 1.165) is 90.9 Å². The Morgan fingerprint density at radius 2 is 0.836 bits per heavy atom. The Morgan fingerprint density at radius 1 is 0.478 bits per heavy atom. The van der Waals surface area contributed by atoms with Gasteiger partial charge in [0.15, 0.2) is 0 Å². The number of hydrogen-bond acceptors (Lipinski definition) is 16. The van der Waals surface area contributed by atoms with Gasteiger partial charge in [-0.1, -0.05) is 0 Å². The van der Waals surface area contributed by atoms with Crippen molar-refractivity contribution in [2.75, 3.05) is 73.1 Å². The molecule has 2 aliphatic heterocycles. The van der Waals surface area contributed by atoms with Crippen molar-refractivity contribution in [3.05, 3.63) is 23.3 Å². The van der Waals surface area contributed by atoms with E-state index in [2.05, 4.69) is 44.8 Å². The zero-order chi connectivity index (χ0) is 47.5. The number of piperazine rings is 2. The Labute approximate surface area is 397 Å². The molecule has 4 saturated carbocycles. The molecule has 0 bridgehead atoms. The normalized spacial score (nSPS) is 29.4. The standard InChI is InChI=1S/C51H78N6O10/c1-34(58)37-9-13-39(14-10-37)48(60)64-33-36-5-7-40(8-6-36)50(62)66-46-29-44(32-53-57-27-23-55(4)24-28-57)47(30-43(46)31-52-56-25-21-54(3)22-26-56)67-51(63)42-17-19-45(20-18-42)65-49(61)41-15-11-38(12-16-41)35(2)59/h29-30,36-42,45,52-53H,5-28,31-33H2,1-4H3. The van der Waals surface area contributed by atoms with Gasteiger partial charge >= 0.3 is 23.9 Å². The van der Waals surface area contributed by atoms with Crippen LogP contribution >= 0.6 is 0 Å². The van der Waals surface area contributed by atoms with E-state index in [0.29, 0.717) is 107 Å².